The molecule has 0 heterocycles. The maximum Gasteiger partial charge on any atom is 0.0746 e. The van der Waals surface area contributed by atoms with E-state index in [0.717, 1.165) is 25.9 Å². The van der Waals surface area contributed by atoms with E-state index >= 15 is 0 Å². The summed E-state index contributed by atoms with van der Waals surface area (Å²) in [4.78, 5) is 4.57. The Labute approximate surface area is 107 Å². The van der Waals surface area contributed by atoms with Crippen LogP contribution in [0.1, 0.15) is 39.5 Å². The Bertz CT molecular complexity index is 228. The third kappa shape index (κ3) is 4.23. The van der Waals surface area contributed by atoms with Gasteiger partial charge in [0.2, 0.25) is 0 Å². The van der Waals surface area contributed by atoms with Gasteiger partial charge in [-0.1, -0.05) is 20.3 Å². The van der Waals surface area contributed by atoms with Gasteiger partial charge < -0.3 is 14.9 Å². The highest BCUT2D eigenvalue weighted by Gasteiger charge is 2.39. The van der Waals surface area contributed by atoms with Crippen molar-refractivity contribution in [2.24, 2.45) is 5.41 Å². The molecule has 2 atom stereocenters. The Hall–Kier alpha value is -0.120. The summed E-state index contributed by atoms with van der Waals surface area (Å²) in [6.45, 7) is 6.58. The van der Waals surface area contributed by atoms with E-state index in [9.17, 15) is 5.11 Å². The van der Waals surface area contributed by atoms with Crippen LogP contribution in [0.2, 0.25) is 0 Å². The fourth-order valence-electron chi connectivity index (χ4n) is 2.86. The van der Waals surface area contributed by atoms with Crippen LogP contribution < -0.4 is 0 Å². The van der Waals surface area contributed by atoms with E-state index in [1.54, 1.807) is 0 Å². The normalized spacial score (nSPS) is 28.9. The van der Waals surface area contributed by atoms with Crippen LogP contribution in [0.25, 0.3) is 0 Å². The van der Waals surface area contributed by atoms with Crippen molar-refractivity contribution in [2.75, 3.05) is 34.2 Å². The molecule has 0 aromatic heterocycles. The molecule has 3 nitrogen and oxygen atoms in total. The smallest absolute Gasteiger partial charge is 0.0746 e. The van der Waals surface area contributed by atoms with Crippen molar-refractivity contribution >= 4 is 0 Å². The molecule has 1 aliphatic carbocycles. The van der Waals surface area contributed by atoms with E-state index in [4.69, 9.17) is 0 Å². The van der Waals surface area contributed by atoms with Crippen LogP contribution in [0.15, 0.2) is 0 Å². The van der Waals surface area contributed by atoms with Crippen LogP contribution in [0, 0.1) is 5.41 Å². The minimum atomic E-state index is -0.180. The molecule has 3 heteroatoms. The predicted octanol–water partition coefficient (Wildman–Crippen LogP) is 1.81. The number of hydrogen-bond donors (Lipinski definition) is 1. The molecule has 0 bridgehead atoms. The zero-order valence-corrected chi connectivity index (χ0v) is 12.2. The summed E-state index contributed by atoms with van der Waals surface area (Å²) in [6.07, 6.45) is 4.53. The summed E-state index contributed by atoms with van der Waals surface area (Å²) in [5, 5.41) is 10.4. The van der Waals surface area contributed by atoms with Gasteiger partial charge in [0.05, 0.1) is 6.10 Å². The Morgan fingerprint density at radius 3 is 2.41 bits per heavy atom. The van der Waals surface area contributed by atoms with Crippen molar-refractivity contribution in [3.8, 4) is 0 Å². The SMILES string of the molecule is CN(C)CCCN(C)C1CCCC(C)(C)C1O. The summed E-state index contributed by atoms with van der Waals surface area (Å²) in [5.74, 6) is 0. The van der Waals surface area contributed by atoms with Crippen molar-refractivity contribution in [1.82, 2.24) is 9.80 Å². The van der Waals surface area contributed by atoms with Gasteiger partial charge in [-0.25, -0.2) is 0 Å². The lowest BCUT2D eigenvalue weighted by Crippen LogP contribution is -2.51. The summed E-state index contributed by atoms with van der Waals surface area (Å²) >= 11 is 0. The van der Waals surface area contributed by atoms with Crippen LogP contribution in [-0.2, 0) is 0 Å². The third-order valence-electron chi connectivity index (χ3n) is 4.17. The maximum atomic E-state index is 10.4. The maximum absolute atomic E-state index is 10.4. The number of aliphatic hydroxyl groups excluding tert-OH is 1. The van der Waals surface area contributed by atoms with Crippen molar-refractivity contribution < 1.29 is 5.11 Å². The minimum Gasteiger partial charge on any atom is -0.391 e. The van der Waals surface area contributed by atoms with Gasteiger partial charge in [-0.05, 0) is 58.9 Å². The van der Waals surface area contributed by atoms with Crippen LogP contribution in [0.5, 0.6) is 0 Å². The molecule has 0 aromatic carbocycles. The molecule has 0 spiro atoms. The first kappa shape index (κ1) is 14.9. The third-order valence-corrected chi connectivity index (χ3v) is 4.17. The second kappa shape index (κ2) is 6.17. The van der Waals surface area contributed by atoms with Gasteiger partial charge in [-0.3, -0.25) is 0 Å². The molecule has 1 rings (SSSR count). The van der Waals surface area contributed by atoms with Crippen molar-refractivity contribution in [2.45, 2.75) is 51.7 Å². The molecular formula is C14H30N2O. The van der Waals surface area contributed by atoms with Gasteiger partial charge in [0.15, 0.2) is 0 Å². The molecule has 0 amide bonds. The lowest BCUT2D eigenvalue weighted by atomic mass is 9.72. The molecule has 0 aromatic rings. The summed E-state index contributed by atoms with van der Waals surface area (Å²) < 4.78 is 0. The molecule has 0 saturated heterocycles. The van der Waals surface area contributed by atoms with Crippen LogP contribution in [0.3, 0.4) is 0 Å². The molecule has 0 aliphatic heterocycles. The highest BCUT2D eigenvalue weighted by atomic mass is 16.3. The molecule has 1 saturated carbocycles. The van der Waals surface area contributed by atoms with E-state index < -0.39 is 0 Å². The standard InChI is InChI=1S/C14H30N2O/c1-14(2)9-6-8-12(13(14)17)16(5)11-7-10-15(3)4/h12-13,17H,6-11H2,1-5H3. The molecule has 1 fully saturated rings. The monoisotopic (exact) mass is 242 g/mol. The zero-order chi connectivity index (χ0) is 13.1. The van der Waals surface area contributed by atoms with Gasteiger partial charge in [0.1, 0.15) is 0 Å². The Kier molecular flexibility index (Phi) is 5.42. The van der Waals surface area contributed by atoms with E-state index in [0.29, 0.717) is 6.04 Å². The lowest BCUT2D eigenvalue weighted by molar-refractivity contribution is -0.0506. The molecule has 102 valence electrons. The van der Waals surface area contributed by atoms with Crippen molar-refractivity contribution in [3.63, 3.8) is 0 Å². The van der Waals surface area contributed by atoms with E-state index in [1.165, 1.54) is 12.8 Å². The van der Waals surface area contributed by atoms with E-state index in [2.05, 4.69) is 44.8 Å². The molecule has 2 unspecified atom stereocenters. The average molecular weight is 242 g/mol. The van der Waals surface area contributed by atoms with Crippen molar-refractivity contribution in [3.05, 3.63) is 0 Å². The highest BCUT2D eigenvalue weighted by Crippen LogP contribution is 2.37. The van der Waals surface area contributed by atoms with Gasteiger partial charge >= 0.3 is 0 Å². The van der Waals surface area contributed by atoms with Crippen LogP contribution >= 0.6 is 0 Å². The molecule has 0 radical (unpaired) electrons. The highest BCUT2D eigenvalue weighted by molar-refractivity contribution is 4.92. The number of rotatable bonds is 5. The van der Waals surface area contributed by atoms with Gasteiger partial charge in [-0.15, -0.1) is 0 Å². The van der Waals surface area contributed by atoms with Gasteiger partial charge in [-0.2, -0.15) is 0 Å². The van der Waals surface area contributed by atoms with Gasteiger partial charge in [0.25, 0.3) is 0 Å². The van der Waals surface area contributed by atoms with Crippen molar-refractivity contribution in [1.29, 1.82) is 0 Å². The fourth-order valence-corrected chi connectivity index (χ4v) is 2.86. The second-order valence-corrected chi connectivity index (χ2v) is 6.53. The Morgan fingerprint density at radius 1 is 1.18 bits per heavy atom. The molecule has 1 N–H and O–H groups in total. The molecule has 1 aliphatic rings. The Balaban J connectivity index is 2.42. The number of hydrogen-bond acceptors (Lipinski definition) is 3. The summed E-state index contributed by atoms with van der Waals surface area (Å²) in [6, 6.07) is 0.348. The number of likely N-dealkylation sites (N-methyl/N-ethyl adjacent to an activating group) is 1. The average Bonchev–Trinajstić information content (AvgIpc) is 2.21. The van der Waals surface area contributed by atoms with Crippen LogP contribution in [0.4, 0.5) is 0 Å². The Morgan fingerprint density at radius 2 is 1.82 bits per heavy atom. The zero-order valence-electron chi connectivity index (χ0n) is 12.2. The lowest BCUT2D eigenvalue weighted by Gasteiger charge is -2.44. The molecular weight excluding hydrogens is 212 g/mol. The predicted molar refractivity (Wildman–Crippen MR) is 73.2 cm³/mol. The first-order valence-electron chi connectivity index (χ1n) is 6.87. The van der Waals surface area contributed by atoms with E-state index in [-0.39, 0.29) is 11.5 Å². The number of nitrogens with zero attached hydrogens (tertiary/aromatic N) is 2. The van der Waals surface area contributed by atoms with E-state index in [1.807, 2.05) is 0 Å². The quantitative estimate of drug-likeness (QED) is 0.796. The number of aliphatic hydroxyl groups is 1. The topological polar surface area (TPSA) is 26.7 Å². The van der Waals surface area contributed by atoms with Crippen LogP contribution in [-0.4, -0.2) is 61.3 Å². The summed E-state index contributed by atoms with van der Waals surface area (Å²) in [7, 11) is 6.38. The molecule has 17 heavy (non-hydrogen) atoms. The largest absolute Gasteiger partial charge is 0.391 e. The minimum absolute atomic E-state index is 0.0821. The second-order valence-electron chi connectivity index (χ2n) is 6.53. The first-order valence-corrected chi connectivity index (χ1v) is 6.87. The van der Waals surface area contributed by atoms with Gasteiger partial charge in [0, 0.05) is 6.04 Å². The first-order chi connectivity index (χ1) is 7.84. The fraction of sp³-hybridized carbons (Fsp3) is 1.00. The summed E-state index contributed by atoms with van der Waals surface area (Å²) in [5.41, 5.74) is 0.0821.